The number of hydrogen-bond acceptors (Lipinski definition) is 6. The zero-order valence-corrected chi connectivity index (χ0v) is 17.0. The van der Waals surface area contributed by atoms with Crippen molar-refractivity contribution < 1.29 is 23.8 Å². The molecule has 0 aromatic heterocycles. The van der Waals surface area contributed by atoms with Crippen LogP contribution in [0.1, 0.15) is 60.3 Å². The van der Waals surface area contributed by atoms with E-state index in [1.54, 1.807) is 11.8 Å². The maximum atomic E-state index is 10.3. The van der Waals surface area contributed by atoms with Crippen molar-refractivity contribution in [2.75, 3.05) is 18.8 Å². The fourth-order valence-electron chi connectivity index (χ4n) is 2.38. The molecule has 1 aliphatic heterocycles. The number of thioether (sulfide) groups is 1. The van der Waals surface area contributed by atoms with Crippen LogP contribution in [0, 0.1) is 11.8 Å². The van der Waals surface area contributed by atoms with Crippen molar-refractivity contribution in [2.24, 2.45) is 11.8 Å². The molecule has 144 valence electrons. The van der Waals surface area contributed by atoms with Crippen molar-refractivity contribution in [1.82, 2.24) is 0 Å². The highest BCUT2D eigenvalue weighted by atomic mass is 32.2. The Hall–Kier alpha value is -0.590. The Morgan fingerprint density at radius 3 is 2.21 bits per heavy atom. The molecule has 2 unspecified atom stereocenters. The molecule has 1 aliphatic carbocycles. The van der Waals surface area contributed by atoms with E-state index in [4.69, 9.17) is 19.0 Å². The van der Waals surface area contributed by atoms with Gasteiger partial charge in [0.2, 0.25) is 6.29 Å². The number of ether oxygens (including phenoxy) is 3. The minimum absolute atomic E-state index is 0.275. The molecule has 0 aromatic rings. The number of hydrogen-bond donors (Lipinski definition) is 0. The summed E-state index contributed by atoms with van der Waals surface area (Å²) in [6.45, 7) is 12.2. The first kappa shape index (κ1) is 25.6. The molecule has 1 heterocycles. The molecule has 0 aromatic carbocycles. The summed E-state index contributed by atoms with van der Waals surface area (Å²) < 4.78 is 15.1. The van der Waals surface area contributed by atoms with Crippen molar-refractivity contribution >= 4 is 24.5 Å². The highest BCUT2D eigenvalue weighted by Crippen LogP contribution is 2.29. The van der Waals surface area contributed by atoms with Crippen LogP contribution in [-0.2, 0) is 23.8 Å². The van der Waals surface area contributed by atoms with Gasteiger partial charge in [-0.25, -0.2) is 0 Å². The largest absolute Gasteiger partial charge is 0.435 e. The third-order valence-electron chi connectivity index (χ3n) is 3.58. The molecule has 24 heavy (non-hydrogen) atoms. The van der Waals surface area contributed by atoms with Crippen molar-refractivity contribution in [1.29, 1.82) is 0 Å². The van der Waals surface area contributed by atoms with E-state index >= 15 is 0 Å². The van der Waals surface area contributed by atoms with E-state index in [1.807, 2.05) is 13.9 Å². The van der Waals surface area contributed by atoms with Gasteiger partial charge in [0.1, 0.15) is 6.79 Å². The first-order valence-electron chi connectivity index (χ1n) is 8.62. The Morgan fingerprint density at radius 1 is 1.25 bits per heavy atom. The van der Waals surface area contributed by atoms with E-state index in [0.717, 1.165) is 17.6 Å². The molecule has 1 saturated heterocycles. The van der Waals surface area contributed by atoms with Crippen molar-refractivity contribution in [3.8, 4) is 0 Å². The van der Waals surface area contributed by atoms with Gasteiger partial charge in [0.15, 0.2) is 0 Å². The summed E-state index contributed by atoms with van der Waals surface area (Å²) in [5.41, 5.74) is 0. The lowest BCUT2D eigenvalue weighted by Crippen LogP contribution is -2.27. The van der Waals surface area contributed by atoms with Crippen molar-refractivity contribution in [3.05, 3.63) is 0 Å². The predicted molar refractivity (Wildman–Crippen MR) is 100 cm³/mol. The van der Waals surface area contributed by atoms with Gasteiger partial charge < -0.3 is 19.0 Å². The second kappa shape index (κ2) is 17.2. The van der Waals surface area contributed by atoms with Gasteiger partial charge in [-0.3, -0.25) is 4.79 Å². The maximum absolute atomic E-state index is 10.3. The maximum Gasteiger partial charge on any atom is 0.304 e. The normalized spacial score (nSPS) is 28.1. The monoisotopic (exact) mass is 364 g/mol. The Kier molecular flexibility index (Phi) is 18.4. The number of methoxy groups -OCH3 is 1. The van der Waals surface area contributed by atoms with Crippen LogP contribution in [-0.4, -0.2) is 44.0 Å². The molecule has 2 fully saturated rings. The van der Waals surface area contributed by atoms with Gasteiger partial charge in [-0.1, -0.05) is 40.5 Å². The molecule has 0 radical (unpaired) electrons. The first-order chi connectivity index (χ1) is 11.4. The Labute approximate surface area is 152 Å². The van der Waals surface area contributed by atoms with Gasteiger partial charge in [-0.05, 0) is 24.7 Å². The molecule has 0 spiro atoms. The number of rotatable bonds is 2. The molecular formula is C18H36O5S. The predicted octanol–water partition coefficient (Wildman–Crippen LogP) is 4.29. The molecule has 0 N–H and O–H groups in total. The third kappa shape index (κ3) is 13.8. The molecule has 0 amide bonds. The van der Waals surface area contributed by atoms with Gasteiger partial charge >= 0.3 is 5.97 Å². The molecule has 0 bridgehead atoms. The number of carbonyl (C=O) groups is 2. The summed E-state index contributed by atoms with van der Waals surface area (Å²) in [5, 5.41) is 0. The lowest BCUT2D eigenvalue weighted by atomic mass is 9.82. The summed E-state index contributed by atoms with van der Waals surface area (Å²) in [7, 11) is 1.83. The molecule has 5 nitrogen and oxygen atoms in total. The van der Waals surface area contributed by atoms with Crippen LogP contribution in [0.5, 0.6) is 0 Å². The molecule has 4 atom stereocenters. The lowest BCUT2D eigenvalue weighted by Gasteiger charge is -2.31. The smallest absolute Gasteiger partial charge is 0.304 e. The van der Waals surface area contributed by atoms with Crippen LogP contribution < -0.4 is 0 Å². The molecule has 1 saturated carbocycles. The fraction of sp³-hybridized carbons (Fsp3) is 0.889. The Bertz CT molecular complexity index is 295. The van der Waals surface area contributed by atoms with Crippen LogP contribution >= 0.6 is 11.8 Å². The standard InChI is InChI=1S/C9H18O.C5H8O3S.C3H8.CH2O/c1-7-4-5-8(2)9(6-7)10-3;1-4(6)8-5-2-9-3-7-5;1-3-2;1-2/h7-9H,4-6H2,1-3H3;5H,2-3H2,1H3;3H2,1-2H3;1H2/t7-,8?,9?;5-;;/m10../s1. The SMILES string of the molecule is C=O.CC(=O)O[C@H]1CSCO1.CCC.COC1C[C@H](C)CCC1C. The van der Waals surface area contributed by atoms with Gasteiger partial charge in [0.25, 0.3) is 0 Å². The second-order valence-corrected chi connectivity index (χ2v) is 7.05. The van der Waals surface area contributed by atoms with Gasteiger partial charge in [-0.2, -0.15) is 0 Å². The van der Waals surface area contributed by atoms with E-state index in [9.17, 15) is 4.79 Å². The third-order valence-corrected chi connectivity index (χ3v) is 4.39. The Morgan fingerprint density at radius 2 is 1.83 bits per heavy atom. The summed E-state index contributed by atoms with van der Waals surface area (Å²) in [6.07, 6.45) is 5.48. The van der Waals surface area contributed by atoms with Crippen LogP contribution in [0.3, 0.4) is 0 Å². The zero-order valence-electron chi connectivity index (χ0n) is 16.2. The second-order valence-electron chi connectivity index (χ2n) is 6.07. The molecular weight excluding hydrogens is 328 g/mol. The van der Waals surface area contributed by atoms with Crippen LogP contribution in [0.15, 0.2) is 0 Å². The van der Waals surface area contributed by atoms with E-state index in [1.165, 1.54) is 32.6 Å². The summed E-state index contributed by atoms with van der Waals surface area (Å²) in [6, 6.07) is 0. The van der Waals surface area contributed by atoms with E-state index < -0.39 is 0 Å². The summed E-state index contributed by atoms with van der Waals surface area (Å²) in [5.74, 6) is 2.78. The molecule has 2 rings (SSSR count). The minimum Gasteiger partial charge on any atom is -0.435 e. The summed E-state index contributed by atoms with van der Waals surface area (Å²) in [4.78, 5) is 18.3. The fourth-order valence-corrected chi connectivity index (χ4v) is 3.08. The lowest BCUT2D eigenvalue weighted by molar-refractivity contribution is -0.165. The highest BCUT2D eigenvalue weighted by molar-refractivity contribution is 7.99. The topological polar surface area (TPSA) is 61.8 Å². The van der Waals surface area contributed by atoms with Crippen LogP contribution in [0.25, 0.3) is 0 Å². The van der Waals surface area contributed by atoms with E-state index in [0.29, 0.717) is 12.0 Å². The molecule has 6 heteroatoms. The minimum atomic E-state index is -0.299. The van der Waals surface area contributed by atoms with E-state index in [-0.39, 0.29) is 12.3 Å². The van der Waals surface area contributed by atoms with Gasteiger partial charge in [-0.15, -0.1) is 11.8 Å². The average molecular weight is 365 g/mol. The quantitative estimate of drug-likeness (QED) is 0.681. The first-order valence-corrected chi connectivity index (χ1v) is 9.78. The van der Waals surface area contributed by atoms with Gasteiger partial charge in [0, 0.05) is 14.0 Å². The van der Waals surface area contributed by atoms with Crippen LogP contribution in [0.2, 0.25) is 0 Å². The molecule has 2 aliphatic rings. The van der Waals surface area contributed by atoms with Crippen molar-refractivity contribution in [3.63, 3.8) is 0 Å². The number of esters is 1. The number of carbonyl (C=O) groups excluding carboxylic acids is 2. The van der Waals surface area contributed by atoms with Crippen LogP contribution in [0.4, 0.5) is 0 Å². The zero-order chi connectivity index (χ0) is 19.0. The highest BCUT2D eigenvalue weighted by Gasteiger charge is 2.24. The van der Waals surface area contributed by atoms with Crippen molar-refractivity contribution in [2.45, 2.75) is 72.7 Å². The van der Waals surface area contributed by atoms with E-state index in [2.05, 4.69) is 27.7 Å². The Balaban J connectivity index is 0. The van der Waals surface area contributed by atoms with Gasteiger partial charge in [0.05, 0.1) is 17.8 Å². The summed E-state index contributed by atoms with van der Waals surface area (Å²) >= 11 is 1.62. The average Bonchev–Trinajstić information content (AvgIpc) is 3.05.